The maximum atomic E-state index is 12.1. The van der Waals surface area contributed by atoms with Crippen LogP contribution in [-0.2, 0) is 9.53 Å². The third-order valence-corrected chi connectivity index (χ3v) is 4.08. The van der Waals surface area contributed by atoms with Gasteiger partial charge in [0.25, 0.3) is 5.91 Å². The molecule has 1 saturated heterocycles. The van der Waals surface area contributed by atoms with E-state index in [1.807, 2.05) is 7.05 Å². The molecule has 1 heterocycles. The topological polar surface area (TPSA) is 82.7 Å². The molecular formula is C18H28N4O3. The minimum absolute atomic E-state index is 0.0158. The second-order valence-corrected chi connectivity index (χ2v) is 6.04. The first-order chi connectivity index (χ1) is 12.2. The van der Waals surface area contributed by atoms with Crippen molar-refractivity contribution in [2.45, 2.75) is 12.8 Å². The van der Waals surface area contributed by atoms with Crippen LogP contribution < -0.4 is 16.0 Å². The van der Waals surface area contributed by atoms with Crippen LogP contribution in [0.5, 0.6) is 0 Å². The average molecular weight is 348 g/mol. The predicted molar refractivity (Wildman–Crippen MR) is 97.8 cm³/mol. The van der Waals surface area contributed by atoms with E-state index < -0.39 is 0 Å². The summed E-state index contributed by atoms with van der Waals surface area (Å²) >= 11 is 0. The minimum Gasteiger partial charge on any atom is -0.379 e. The van der Waals surface area contributed by atoms with Gasteiger partial charge in [-0.2, -0.15) is 0 Å². The monoisotopic (exact) mass is 348 g/mol. The van der Waals surface area contributed by atoms with E-state index >= 15 is 0 Å². The SMILES string of the molecule is CNCCCC(=O)Nc1ccc(C(=O)NCCN2CCOCC2)cc1. The largest absolute Gasteiger partial charge is 0.379 e. The minimum atomic E-state index is -0.0971. The quantitative estimate of drug-likeness (QED) is 0.572. The standard InChI is InChI=1S/C18H28N4O3/c1-19-8-2-3-17(23)21-16-6-4-15(5-7-16)18(24)20-9-10-22-11-13-25-14-12-22/h4-7,19H,2-3,8-14H2,1H3,(H,20,24)(H,21,23). The Morgan fingerprint density at radius 3 is 2.52 bits per heavy atom. The lowest BCUT2D eigenvalue weighted by atomic mass is 10.2. The molecule has 0 bridgehead atoms. The molecule has 0 radical (unpaired) electrons. The number of amides is 2. The lowest BCUT2D eigenvalue weighted by Crippen LogP contribution is -2.41. The van der Waals surface area contributed by atoms with Gasteiger partial charge in [0.15, 0.2) is 0 Å². The fraction of sp³-hybridized carbons (Fsp3) is 0.556. The van der Waals surface area contributed by atoms with E-state index in [2.05, 4.69) is 20.9 Å². The van der Waals surface area contributed by atoms with Crippen molar-refractivity contribution in [3.05, 3.63) is 29.8 Å². The lowest BCUT2D eigenvalue weighted by Gasteiger charge is -2.26. The molecule has 3 N–H and O–H groups in total. The van der Waals surface area contributed by atoms with Gasteiger partial charge in [-0.25, -0.2) is 0 Å². The Balaban J connectivity index is 1.70. The summed E-state index contributed by atoms with van der Waals surface area (Å²) in [6, 6.07) is 6.97. The van der Waals surface area contributed by atoms with Gasteiger partial charge >= 0.3 is 0 Å². The number of hydrogen-bond acceptors (Lipinski definition) is 5. The zero-order chi connectivity index (χ0) is 17.9. The first kappa shape index (κ1) is 19.4. The molecule has 25 heavy (non-hydrogen) atoms. The average Bonchev–Trinajstić information content (AvgIpc) is 2.63. The molecule has 0 saturated carbocycles. The molecule has 1 aromatic carbocycles. The molecule has 7 nitrogen and oxygen atoms in total. The Morgan fingerprint density at radius 1 is 1.12 bits per heavy atom. The molecule has 1 aliphatic heterocycles. The van der Waals surface area contributed by atoms with Crippen LogP contribution in [0, 0.1) is 0 Å². The lowest BCUT2D eigenvalue weighted by molar-refractivity contribution is -0.116. The van der Waals surface area contributed by atoms with Crippen LogP contribution in [0.1, 0.15) is 23.2 Å². The number of benzene rings is 1. The maximum Gasteiger partial charge on any atom is 0.251 e. The summed E-state index contributed by atoms with van der Waals surface area (Å²) in [5.74, 6) is -0.113. The molecule has 7 heteroatoms. The number of hydrogen-bond donors (Lipinski definition) is 3. The third kappa shape index (κ3) is 7.21. The zero-order valence-electron chi connectivity index (χ0n) is 14.8. The van der Waals surface area contributed by atoms with Gasteiger partial charge in [-0.3, -0.25) is 14.5 Å². The van der Waals surface area contributed by atoms with Gasteiger partial charge in [0.05, 0.1) is 13.2 Å². The molecule has 2 amide bonds. The summed E-state index contributed by atoms with van der Waals surface area (Å²) in [7, 11) is 1.86. The molecule has 0 spiro atoms. The molecule has 0 aromatic heterocycles. The van der Waals surface area contributed by atoms with Crippen molar-refractivity contribution in [2.75, 3.05) is 58.3 Å². The van der Waals surface area contributed by atoms with E-state index in [0.717, 1.165) is 45.8 Å². The highest BCUT2D eigenvalue weighted by atomic mass is 16.5. The fourth-order valence-electron chi connectivity index (χ4n) is 2.61. The Kier molecular flexibility index (Phi) is 8.38. The number of carbonyl (C=O) groups excluding carboxylic acids is 2. The van der Waals surface area contributed by atoms with Gasteiger partial charge in [0.1, 0.15) is 0 Å². The van der Waals surface area contributed by atoms with Gasteiger partial charge in [0, 0.05) is 43.9 Å². The highest BCUT2D eigenvalue weighted by Crippen LogP contribution is 2.10. The molecule has 1 fully saturated rings. The number of anilines is 1. The van der Waals surface area contributed by atoms with Crippen molar-refractivity contribution >= 4 is 17.5 Å². The molecule has 0 aliphatic carbocycles. The smallest absolute Gasteiger partial charge is 0.251 e. The van der Waals surface area contributed by atoms with Crippen molar-refractivity contribution in [2.24, 2.45) is 0 Å². The number of ether oxygens (including phenoxy) is 1. The Bertz CT molecular complexity index is 542. The van der Waals surface area contributed by atoms with Crippen LogP contribution in [0.25, 0.3) is 0 Å². The summed E-state index contributed by atoms with van der Waals surface area (Å²) in [5, 5.41) is 8.77. The molecule has 1 aliphatic rings. The van der Waals surface area contributed by atoms with E-state index in [-0.39, 0.29) is 11.8 Å². The number of nitrogens with one attached hydrogen (secondary N) is 3. The highest BCUT2D eigenvalue weighted by Gasteiger charge is 2.11. The first-order valence-electron chi connectivity index (χ1n) is 8.82. The molecule has 0 unspecified atom stereocenters. The van der Waals surface area contributed by atoms with Gasteiger partial charge in [-0.15, -0.1) is 0 Å². The summed E-state index contributed by atoms with van der Waals surface area (Å²) in [4.78, 5) is 26.2. The third-order valence-electron chi connectivity index (χ3n) is 4.08. The number of rotatable bonds is 9. The van der Waals surface area contributed by atoms with E-state index in [9.17, 15) is 9.59 Å². The molecule has 2 rings (SSSR count). The normalized spacial score (nSPS) is 14.9. The predicted octanol–water partition coefficient (Wildman–Crippen LogP) is 0.687. The number of nitrogens with zero attached hydrogens (tertiary/aromatic N) is 1. The number of morpholine rings is 1. The van der Waals surface area contributed by atoms with Crippen LogP contribution in [0.2, 0.25) is 0 Å². The van der Waals surface area contributed by atoms with Crippen molar-refractivity contribution in [3.8, 4) is 0 Å². The zero-order valence-corrected chi connectivity index (χ0v) is 14.8. The summed E-state index contributed by atoms with van der Waals surface area (Å²) < 4.78 is 5.30. The Hall–Kier alpha value is -1.96. The van der Waals surface area contributed by atoms with Crippen LogP contribution in [0.4, 0.5) is 5.69 Å². The maximum absolute atomic E-state index is 12.1. The first-order valence-corrected chi connectivity index (χ1v) is 8.82. The van der Waals surface area contributed by atoms with Gasteiger partial charge in [0.2, 0.25) is 5.91 Å². The van der Waals surface area contributed by atoms with E-state index in [1.54, 1.807) is 24.3 Å². The summed E-state index contributed by atoms with van der Waals surface area (Å²) in [5.41, 5.74) is 1.30. The van der Waals surface area contributed by atoms with Gasteiger partial charge < -0.3 is 20.7 Å². The van der Waals surface area contributed by atoms with Crippen molar-refractivity contribution in [1.82, 2.24) is 15.5 Å². The molecule has 0 atom stereocenters. The summed E-state index contributed by atoms with van der Waals surface area (Å²) in [6.45, 7) is 5.61. The summed E-state index contributed by atoms with van der Waals surface area (Å²) in [6.07, 6.45) is 1.27. The molecule has 1 aromatic rings. The van der Waals surface area contributed by atoms with Gasteiger partial charge in [-0.1, -0.05) is 0 Å². The Morgan fingerprint density at radius 2 is 1.84 bits per heavy atom. The van der Waals surface area contributed by atoms with Crippen LogP contribution in [0.3, 0.4) is 0 Å². The number of carbonyl (C=O) groups is 2. The van der Waals surface area contributed by atoms with Crippen LogP contribution in [0.15, 0.2) is 24.3 Å². The molecular weight excluding hydrogens is 320 g/mol. The highest BCUT2D eigenvalue weighted by molar-refractivity contribution is 5.95. The van der Waals surface area contributed by atoms with Crippen LogP contribution >= 0.6 is 0 Å². The van der Waals surface area contributed by atoms with Crippen molar-refractivity contribution in [1.29, 1.82) is 0 Å². The van der Waals surface area contributed by atoms with Crippen molar-refractivity contribution < 1.29 is 14.3 Å². The van der Waals surface area contributed by atoms with Gasteiger partial charge in [-0.05, 0) is 44.3 Å². The fourth-order valence-corrected chi connectivity index (χ4v) is 2.61. The van der Waals surface area contributed by atoms with E-state index in [0.29, 0.717) is 24.2 Å². The van der Waals surface area contributed by atoms with E-state index in [1.165, 1.54) is 0 Å². The van der Waals surface area contributed by atoms with E-state index in [4.69, 9.17) is 4.74 Å². The van der Waals surface area contributed by atoms with Crippen LogP contribution in [-0.4, -0.2) is 69.7 Å². The Labute approximate surface area is 149 Å². The second kappa shape index (κ2) is 10.8. The molecule has 138 valence electrons. The second-order valence-electron chi connectivity index (χ2n) is 6.04. The van der Waals surface area contributed by atoms with Crippen molar-refractivity contribution in [3.63, 3.8) is 0 Å².